The summed E-state index contributed by atoms with van der Waals surface area (Å²) < 4.78 is 10.2. The number of aliphatic imine (C=N–C) groups is 1. The number of ether oxygens (including phenoxy) is 2. The van der Waals surface area contributed by atoms with Crippen molar-refractivity contribution in [2.75, 3.05) is 26.8 Å². The van der Waals surface area contributed by atoms with Gasteiger partial charge in [0.05, 0.1) is 30.4 Å². The number of hydrogen-bond acceptors (Lipinski definition) is 6. The van der Waals surface area contributed by atoms with Crippen molar-refractivity contribution in [2.24, 2.45) is 10.9 Å². The maximum atomic E-state index is 12.7. The SMILES string of the molecule is COC(=O)C1=CC2=NC(=S)N(CCCC(=O)NCC3CCCO3)C(=O)C2C=C1. The van der Waals surface area contributed by atoms with Crippen molar-refractivity contribution in [1.82, 2.24) is 10.2 Å². The zero-order chi connectivity index (χ0) is 20.1. The minimum Gasteiger partial charge on any atom is -0.465 e. The van der Waals surface area contributed by atoms with E-state index in [0.717, 1.165) is 19.4 Å². The molecule has 3 rings (SSSR count). The molecule has 0 bridgehead atoms. The topological polar surface area (TPSA) is 97.3 Å². The second kappa shape index (κ2) is 9.20. The van der Waals surface area contributed by atoms with Gasteiger partial charge in [0.2, 0.25) is 16.9 Å². The molecule has 0 aromatic heterocycles. The predicted molar refractivity (Wildman–Crippen MR) is 106 cm³/mol. The Bertz CT molecular complexity index is 768. The number of allylic oxidation sites excluding steroid dienone is 1. The van der Waals surface area contributed by atoms with Gasteiger partial charge in [0, 0.05) is 26.1 Å². The van der Waals surface area contributed by atoms with E-state index in [-0.39, 0.29) is 23.0 Å². The van der Waals surface area contributed by atoms with Crippen molar-refractivity contribution in [2.45, 2.75) is 31.8 Å². The molecule has 2 aliphatic heterocycles. The summed E-state index contributed by atoms with van der Waals surface area (Å²) in [6.07, 6.45) is 7.58. The molecule has 150 valence electrons. The number of amides is 2. The molecule has 28 heavy (non-hydrogen) atoms. The fourth-order valence-electron chi connectivity index (χ4n) is 3.31. The molecule has 1 saturated heterocycles. The van der Waals surface area contributed by atoms with Crippen molar-refractivity contribution in [1.29, 1.82) is 0 Å². The molecule has 3 aliphatic rings. The van der Waals surface area contributed by atoms with Crippen LogP contribution in [0.4, 0.5) is 0 Å². The van der Waals surface area contributed by atoms with E-state index in [4.69, 9.17) is 17.0 Å². The number of esters is 1. The molecule has 1 fully saturated rings. The van der Waals surface area contributed by atoms with Crippen LogP contribution in [-0.2, 0) is 23.9 Å². The Morgan fingerprint density at radius 2 is 2.29 bits per heavy atom. The largest absolute Gasteiger partial charge is 0.465 e. The molecule has 2 unspecified atom stereocenters. The number of nitrogens with zero attached hydrogens (tertiary/aromatic N) is 2. The summed E-state index contributed by atoms with van der Waals surface area (Å²) in [5.41, 5.74) is 0.757. The third kappa shape index (κ3) is 4.71. The lowest BCUT2D eigenvalue weighted by Crippen LogP contribution is -2.46. The normalized spacial score (nSPS) is 23.8. The van der Waals surface area contributed by atoms with Crippen LogP contribution >= 0.6 is 12.2 Å². The average Bonchev–Trinajstić information content (AvgIpc) is 3.21. The van der Waals surface area contributed by atoms with E-state index in [1.165, 1.54) is 18.1 Å². The lowest BCUT2D eigenvalue weighted by molar-refractivity contribution is -0.135. The van der Waals surface area contributed by atoms with Crippen LogP contribution in [0.25, 0.3) is 0 Å². The van der Waals surface area contributed by atoms with Gasteiger partial charge >= 0.3 is 5.97 Å². The molecular weight excluding hydrogens is 382 g/mol. The van der Waals surface area contributed by atoms with Gasteiger partial charge in [0.1, 0.15) is 0 Å². The molecule has 2 atom stereocenters. The summed E-state index contributed by atoms with van der Waals surface area (Å²) >= 11 is 5.24. The first kappa shape index (κ1) is 20.3. The van der Waals surface area contributed by atoms with Crippen molar-refractivity contribution in [3.8, 4) is 0 Å². The Labute approximate surface area is 168 Å². The van der Waals surface area contributed by atoms with E-state index >= 15 is 0 Å². The molecule has 8 nitrogen and oxygen atoms in total. The third-order valence-corrected chi connectivity index (χ3v) is 5.15. The van der Waals surface area contributed by atoms with Crippen LogP contribution in [0.2, 0.25) is 0 Å². The highest BCUT2D eigenvalue weighted by atomic mass is 32.1. The first-order valence-electron chi connectivity index (χ1n) is 9.30. The van der Waals surface area contributed by atoms with E-state index in [1.54, 1.807) is 12.2 Å². The van der Waals surface area contributed by atoms with Gasteiger partial charge < -0.3 is 14.8 Å². The van der Waals surface area contributed by atoms with Crippen LogP contribution in [0.5, 0.6) is 0 Å². The second-order valence-electron chi connectivity index (χ2n) is 6.78. The Hall–Kier alpha value is -2.39. The summed E-state index contributed by atoms with van der Waals surface area (Å²) in [5, 5.41) is 3.01. The van der Waals surface area contributed by atoms with E-state index < -0.39 is 11.9 Å². The first-order valence-corrected chi connectivity index (χ1v) is 9.71. The summed E-state index contributed by atoms with van der Waals surface area (Å²) in [6, 6.07) is 0. The number of carbonyl (C=O) groups is 3. The van der Waals surface area contributed by atoms with Crippen LogP contribution in [0.15, 0.2) is 28.8 Å². The maximum absolute atomic E-state index is 12.7. The smallest absolute Gasteiger partial charge is 0.337 e. The Balaban J connectivity index is 1.51. The second-order valence-corrected chi connectivity index (χ2v) is 7.14. The van der Waals surface area contributed by atoms with E-state index in [1.807, 2.05) is 0 Å². The lowest BCUT2D eigenvalue weighted by atomic mass is 9.92. The minimum atomic E-state index is -0.576. The Kier molecular flexibility index (Phi) is 6.69. The summed E-state index contributed by atoms with van der Waals surface area (Å²) in [4.78, 5) is 42.0. The number of hydrogen-bond donors (Lipinski definition) is 1. The third-order valence-electron chi connectivity index (χ3n) is 4.84. The first-order chi connectivity index (χ1) is 13.5. The average molecular weight is 405 g/mol. The van der Waals surface area contributed by atoms with Gasteiger partial charge in [-0.1, -0.05) is 12.2 Å². The van der Waals surface area contributed by atoms with Gasteiger partial charge in [-0.05, 0) is 37.6 Å². The predicted octanol–water partition coefficient (Wildman–Crippen LogP) is 0.915. The van der Waals surface area contributed by atoms with Crippen LogP contribution < -0.4 is 5.32 Å². The highest BCUT2D eigenvalue weighted by molar-refractivity contribution is 7.80. The molecule has 9 heteroatoms. The molecule has 2 heterocycles. The number of rotatable bonds is 7. The van der Waals surface area contributed by atoms with Gasteiger partial charge in [0.25, 0.3) is 0 Å². The molecule has 1 aliphatic carbocycles. The fraction of sp³-hybridized carbons (Fsp3) is 0.526. The number of fused-ring (bicyclic) bond motifs is 1. The van der Waals surface area contributed by atoms with Gasteiger partial charge in [-0.2, -0.15) is 0 Å². The fourth-order valence-corrected chi connectivity index (χ4v) is 3.60. The number of methoxy groups -OCH3 is 1. The lowest BCUT2D eigenvalue weighted by Gasteiger charge is -2.30. The number of nitrogens with one attached hydrogen (secondary N) is 1. The van der Waals surface area contributed by atoms with Crippen molar-refractivity contribution in [3.05, 3.63) is 23.8 Å². The molecule has 2 amide bonds. The number of carbonyl (C=O) groups excluding carboxylic acids is 3. The van der Waals surface area contributed by atoms with Crippen molar-refractivity contribution < 1.29 is 23.9 Å². The standard InChI is InChI=1S/C19H23N3O5S/c1-26-18(25)12-6-7-14-15(10-12)21-19(28)22(17(14)24)8-2-5-16(23)20-11-13-4-3-9-27-13/h6-7,10,13-14H,2-5,8-9,11H2,1H3,(H,20,23). The molecular formula is C19H23N3O5S. The molecule has 0 spiro atoms. The van der Waals surface area contributed by atoms with E-state index in [0.29, 0.717) is 37.2 Å². The maximum Gasteiger partial charge on any atom is 0.337 e. The molecule has 0 aromatic rings. The quantitative estimate of drug-likeness (QED) is 0.500. The zero-order valence-electron chi connectivity index (χ0n) is 15.7. The Morgan fingerprint density at radius 1 is 1.46 bits per heavy atom. The zero-order valence-corrected chi connectivity index (χ0v) is 16.5. The Morgan fingerprint density at radius 3 is 3.00 bits per heavy atom. The summed E-state index contributed by atoms with van der Waals surface area (Å²) in [5.74, 6) is -1.34. The van der Waals surface area contributed by atoms with Gasteiger partial charge in [-0.3, -0.25) is 14.5 Å². The molecule has 0 saturated carbocycles. The number of thiocarbonyl (C=S) groups is 1. The van der Waals surface area contributed by atoms with E-state index in [9.17, 15) is 14.4 Å². The van der Waals surface area contributed by atoms with Crippen LogP contribution in [0.3, 0.4) is 0 Å². The van der Waals surface area contributed by atoms with Crippen LogP contribution in [0, 0.1) is 5.92 Å². The highest BCUT2D eigenvalue weighted by Gasteiger charge is 2.35. The summed E-state index contributed by atoms with van der Waals surface area (Å²) in [7, 11) is 1.29. The van der Waals surface area contributed by atoms with Crippen LogP contribution in [-0.4, -0.2) is 66.4 Å². The van der Waals surface area contributed by atoms with Gasteiger partial charge in [0.15, 0.2) is 0 Å². The summed E-state index contributed by atoms with van der Waals surface area (Å²) in [6.45, 7) is 1.60. The molecule has 1 N–H and O–H groups in total. The molecule has 0 aromatic carbocycles. The molecule has 0 radical (unpaired) electrons. The highest BCUT2D eigenvalue weighted by Crippen LogP contribution is 2.23. The van der Waals surface area contributed by atoms with Crippen LogP contribution in [0.1, 0.15) is 25.7 Å². The monoisotopic (exact) mass is 405 g/mol. The van der Waals surface area contributed by atoms with Crippen molar-refractivity contribution in [3.63, 3.8) is 0 Å². The van der Waals surface area contributed by atoms with Gasteiger partial charge in [-0.25, -0.2) is 9.79 Å². The van der Waals surface area contributed by atoms with Crippen molar-refractivity contribution >= 4 is 40.8 Å². The van der Waals surface area contributed by atoms with Gasteiger partial charge in [-0.15, -0.1) is 0 Å². The minimum absolute atomic E-state index is 0.0710. The van der Waals surface area contributed by atoms with E-state index in [2.05, 4.69) is 15.0 Å².